The fourth-order valence-electron chi connectivity index (χ4n) is 1.42. The monoisotopic (exact) mass is 291 g/mol. The summed E-state index contributed by atoms with van der Waals surface area (Å²) in [5.74, 6) is -0.00621. The van der Waals surface area contributed by atoms with Gasteiger partial charge in [-0.2, -0.15) is 13.2 Å². The third-order valence-corrected chi connectivity index (χ3v) is 3.25. The number of hydrogen-bond acceptors (Lipinski definition) is 3. The minimum atomic E-state index is -4.53. The van der Waals surface area contributed by atoms with E-state index in [-0.39, 0.29) is 10.7 Å². The first-order valence-corrected chi connectivity index (χ1v) is 6.48. The molecule has 2 rings (SSSR count). The number of aromatic amines is 1. The molecule has 0 spiro atoms. The summed E-state index contributed by atoms with van der Waals surface area (Å²) in [5.41, 5.74) is -0.721. The van der Waals surface area contributed by atoms with Crippen molar-refractivity contribution in [2.75, 3.05) is 0 Å². The van der Waals surface area contributed by atoms with Crippen LogP contribution in [-0.2, 0) is 16.2 Å². The Morgan fingerprint density at radius 3 is 2.16 bits per heavy atom. The Hall–Kier alpha value is -1.87. The van der Waals surface area contributed by atoms with Gasteiger partial charge in [-0.25, -0.2) is 18.5 Å². The van der Waals surface area contributed by atoms with E-state index in [0.717, 1.165) is 6.20 Å². The summed E-state index contributed by atoms with van der Waals surface area (Å²) in [6, 6.07) is 5.03. The molecule has 0 radical (unpaired) electrons. The van der Waals surface area contributed by atoms with Crippen molar-refractivity contribution in [3.63, 3.8) is 0 Å². The van der Waals surface area contributed by atoms with Crippen molar-refractivity contribution >= 4 is 10.0 Å². The number of nitrogens with zero attached hydrogens (tertiary/aromatic N) is 1. The minimum Gasteiger partial charge on any atom is -0.344 e. The van der Waals surface area contributed by atoms with Crippen molar-refractivity contribution in [3.8, 4) is 11.4 Å². The molecule has 2 aromatic rings. The van der Waals surface area contributed by atoms with E-state index in [1.165, 1.54) is 24.3 Å². The molecular formula is C10H8F3N3O2S. The average Bonchev–Trinajstić information content (AvgIpc) is 2.77. The van der Waals surface area contributed by atoms with Crippen LogP contribution in [0.15, 0.2) is 35.4 Å². The molecule has 0 unspecified atom stereocenters. The number of sulfonamides is 1. The molecule has 0 atom stereocenters. The molecule has 1 aromatic heterocycles. The van der Waals surface area contributed by atoms with Crippen molar-refractivity contribution in [1.82, 2.24) is 9.97 Å². The Labute approximate surface area is 106 Å². The lowest BCUT2D eigenvalue weighted by atomic mass is 10.2. The van der Waals surface area contributed by atoms with E-state index >= 15 is 0 Å². The first-order chi connectivity index (χ1) is 8.68. The van der Waals surface area contributed by atoms with Gasteiger partial charge in [-0.05, 0) is 24.3 Å². The first-order valence-electron chi connectivity index (χ1n) is 4.94. The molecule has 19 heavy (non-hydrogen) atoms. The van der Waals surface area contributed by atoms with Crippen molar-refractivity contribution in [1.29, 1.82) is 0 Å². The number of nitrogens with one attached hydrogen (secondary N) is 1. The van der Waals surface area contributed by atoms with Crippen LogP contribution < -0.4 is 5.14 Å². The minimum absolute atomic E-state index is 0.00621. The van der Waals surface area contributed by atoms with Crippen LogP contribution in [0.1, 0.15) is 5.69 Å². The van der Waals surface area contributed by atoms with E-state index in [4.69, 9.17) is 5.14 Å². The van der Waals surface area contributed by atoms with E-state index < -0.39 is 21.9 Å². The van der Waals surface area contributed by atoms with E-state index in [0.29, 0.717) is 5.56 Å². The molecule has 0 aliphatic carbocycles. The highest BCUT2D eigenvalue weighted by Gasteiger charge is 2.33. The van der Waals surface area contributed by atoms with Gasteiger partial charge in [0.25, 0.3) is 0 Å². The van der Waals surface area contributed by atoms with E-state index in [1.807, 2.05) is 0 Å². The van der Waals surface area contributed by atoms with Crippen LogP contribution in [0.25, 0.3) is 11.4 Å². The molecule has 0 bridgehead atoms. The number of benzene rings is 1. The van der Waals surface area contributed by atoms with Gasteiger partial charge in [0.2, 0.25) is 10.0 Å². The molecule has 3 N–H and O–H groups in total. The van der Waals surface area contributed by atoms with Gasteiger partial charge in [-0.1, -0.05) is 0 Å². The largest absolute Gasteiger partial charge is 0.434 e. The lowest BCUT2D eigenvalue weighted by molar-refractivity contribution is -0.140. The SMILES string of the molecule is NS(=O)(=O)c1ccc(-c2nc(C(F)(F)F)c[nH]2)cc1. The summed E-state index contributed by atoms with van der Waals surface area (Å²) in [5, 5.41) is 4.91. The van der Waals surface area contributed by atoms with Crippen molar-refractivity contribution in [2.45, 2.75) is 11.1 Å². The zero-order valence-electron chi connectivity index (χ0n) is 9.27. The highest BCUT2D eigenvalue weighted by atomic mass is 32.2. The van der Waals surface area contributed by atoms with E-state index in [1.54, 1.807) is 0 Å². The fourth-order valence-corrected chi connectivity index (χ4v) is 1.93. The molecule has 1 aromatic carbocycles. The van der Waals surface area contributed by atoms with Crippen LogP contribution in [0.5, 0.6) is 0 Å². The van der Waals surface area contributed by atoms with Gasteiger partial charge < -0.3 is 4.98 Å². The van der Waals surface area contributed by atoms with Crippen LogP contribution in [0.2, 0.25) is 0 Å². The average molecular weight is 291 g/mol. The predicted molar refractivity (Wildman–Crippen MR) is 60.4 cm³/mol. The maximum atomic E-state index is 12.4. The number of aromatic nitrogens is 2. The summed E-state index contributed by atoms with van der Waals surface area (Å²) in [4.78, 5) is 5.63. The second kappa shape index (κ2) is 4.35. The second-order valence-electron chi connectivity index (χ2n) is 3.70. The highest BCUT2D eigenvalue weighted by molar-refractivity contribution is 7.89. The van der Waals surface area contributed by atoms with E-state index in [2.05, 4.69) is 9.97 Å². The number of H-pyrrole nitrogens is 1. The standard InChI is InChI=1S/C10H8F3N3O2S/c11-10(12,13)8-5-15-9(16-8)6-1-3-7(4-2-6)19(14,17)18/h1-5H,(H,15,16)(H2,14,17,18). The molecule has 0 saturated heterocycles. The number of primary sulfonamides is 1. The normalized spacial score (nSPS) is 12.6. The number of imidazole rings is 1. The van der Waals surface area contributed by atoms with Gasteiger partial charge in [0, 0.05) is 11.8 Å². The number of rotatable bonds is 2. The zero-order valence-corrected chi connectivity index (χ0v) is 10.1. The Balaban J connectivity index is 2.36. The molecule has 0 aliphatic heterocycles. The van der Waals surface area contributed by atoms with Gasteiger partial charge in [-0.3, -0.25) is 0 Å². The third-order valence-electron chi connectivity index (χ3n) is 2.32. The lowest BCUT2D eigenvalue weighted by Crippen LogP contribution is -2.11. The summed E-state index contributed by atoms with van der Waals surface area (Å²) < 4.78 is 59.1. The maximum Gasteiger partial charge on any atom is 0.434 e. The van der Waals surface area contributed by atoms with Gasteiger partial charge in [0.1, 0.15) is 5.82 Å². The van der Waals surface area contributed by atoms with Crippen molar-refractivity contribution in [3.05, 3.63) is 36.2 Å². The van der Waals surface area contributed by atoms with Crippen LogP contribution >= 0.6 is 0 Å². The number of alkyl halides is 3. The quantitative estimate of drug-likeness (QED) is 0.883. The fraction of sp³-hybridized carbons (Fsp3) is 0.100. The lowest BCUT2D eigenvalue weighted by Gasteiger charge is -2.01. The molecule has 102 valence electrons. The van der Waals surface area contributed by atoms with Crippen LogP contribution in [0.4, 0.5) is 13.2 Å². The molecule has 0 aliphatic rings. The predicted octanol–water partition coefficient (Wildman–Crippen LogP) is 1.74. The number of halogens is 3. The molecule has 9 heteroatoms. The topological polar surface area (TPSA) is 88.8 Å². The molecule has 0 amide bonds. The Morgan fingerprint density at radius 2 is 1.74 bits per heavy atom. The summed E-state index contributed by atoms with van der Waals surface area (Å²) in [6.45, 7) is 0. The molecular weight excluding hydrogens is 283 g/mol. The smallest absolute Gasteiger partial charge is 0.344 e. The van der Waals surface area contributed by atoms with Gasteiger partial charge in [0.05, 0.1) is 4.90 Å². The first kappa shape index (κ1) is 13.6. The Bertz CT molecular complexity index is 690. The summed E-state index contributed by atoms with van der Waals surface area (Å²) in [7, 11) is -3.83. The Kier molecular flexibility index (Phi) is 3.11. The number of hydrogen-bond donors (Lipinski definition) is 2. The van der Waals surface area contributed by atoms with Crippen LogP contribution in [0.3, 0.4) is 0 Å². The summed E-state index contributed by atoms with van der Waals surface area (Å²) >= 11 is 0. The second-order valence-corrected chi connectivity index (χ2v) is 5.26. The molecule has 0 saturated carbocycles. The van der Waals surface area contributed by atoms with E-state index in [9.17, 15) is 21.6 Å². The van der Waals surface area contributed by atoms with Gasteiger partial charge >= 0.3 is 6.18 Å². The third kappa shape index (κ3) is 2.93. The molecule has 1 heterocycles. The Morgan fingerprint density at radius 1 is 1.16 bits per heavy atom. The van der Waals surface area contributed by atoms with Crippen molar-refractivity contribution in [2.24, 2.45) is 5.14 Å². The zero-order chi connectivity index (χ0) is 14.3. The van der Waals surface area contributed by atoms with Crippen LogP contribution in [-0.4, -0.2) is 18.4 Å². The molecule has 5 nitrogen and oxygen atoms in total. The van der Waals surface area contributed by atoms with Gasteiger partial charge in [0.15, 0.2) is 5.69 Å². The number of nitrogens with two attached hydrogens (primary N) is 1. The summed E-state index contributed by atoms with van der Waals surface area (Å²) in [6.07, 6.45) is -3.79. The molecule has 0 fully saturated rings. The van der Waals surface area contributed by atoms with Crippen molar-refractivity contribution < 1.29 is 21.6 Å². The van der Waals surface area contributed by atoms with Crippen LogP contribution in [0, 0.1) is 0 Å². The van der Waals surface area contributed by atoms with Gasteiger partial charge in [-0.15, -0.1) is 0 Å². The highest BCUT2D eigenvalue weighted by Crippen LogP contribution is 2.29. The maximum absolute atomic E-state index is 12.4.